The van der Waals surface area contributed by atoms with Crippen molar-refractivity contribution in [3.05, 3.63) is 17.7 Å². The Morgan fingerprint density at radius 3 is 2.24 bits per heavy atom. The topological polar surface area (TPSA) is 83.2 Å². The summed E-state index contributed by atoms with van der Waals surface area (Å²) in [6.45, 7) is 1.41. The maximum atomic E-state index is 10.8. The third-order valence-corrected chi connectivity index (χ3v) is 4.12. The summed E-state index contributed by atoms with van der Waals surface area (Å²) in [7, 11) is 4.64. The minimum Gasteiger partial charge on any atom is -0.493 e. The SMILES string of the molecule is COc1cc(C(O)C2(CN)CCOC2)cc(OC)c1OC. The van der Waals surface area contributed by atoms with E-state index in [9.17, 15) is 5.11 Å². The molecule has 1 aromatic carbocycles. The van der Waals surface area contributed by atoms with E-state index in [-0.39, 0.29) is 0 Å². The van der Waals surface area contributed by atoms with Gasteiger partial charge in [0.15, 0.2) is 11.5 Å². The van der Waals surface area contributed by atoms with Gasteiger partial charge in [-0.3, -0.25) is 0 Å². The second-order valence-electron chi connectivity index (χ2n) is 5.23. The lowest BCUT2D eigenvalue weighted by Crippen LogP contribution is -2.37. The van der Waals surface area contributed by atoms with Crippen LogP contribution in [0.4, 0.5) is 0 Å². The Morgan fingerprint density at radius 1 is 1.24 bits per heavy atom. The Morgan fingerprint density at radius 2 is 1.86 bits per heavy atom. The van der Waals surface area contributed by atoms with Gasteiger partial charge in [-0.2, -0.15) is 0 Å². The maximum Gasteiger partial charge on any atom is 0.203 e. The van der Waals surface area contributed by atoms with E-state index in [2.05, 4.69) is 0 Å². The summed E-state index contributed by atoms with van der Waals surface area (Å²) in [5.74, 6) is 1.52. The molecule has 6 heteroatoms. The van der Waals surface area contributed by atoms with Gasteiger partial charge >= 0.3 is 0 Å². The van der Waals surface area contributed by atoms with Gasteiger partial charge < -0.3 is 29.8 Å². The predicted molar refractivity (Wildman–Crippen MR) is 78.0 cm³/mol. The second kappa shape index (κ2) is 6.51. The first-order chi connectivity index (χ1) is 10.1. The van der Waals surface area contributed by atoms with Crippen LogP contribution in [-0.2, 0) is 4.74 Å². The van der Waals surface area contributed by atoms with Gasteiger partial charge in [-0.15, -0.1) is 0 Å². The number of hydrogen-bond acceptors (Lipinski definition) is 6. The maximum absolute atomic E-state index is 10.8. The Kier molecular flexibility index (Phi) is 4.92. The highest BCUT2D eigenvalue weighted by molar-refractivity contribution is 5.54. The van der Waals surface area contributed by atoms with E-state index in [0.717, 1.165) is 6.42 Å². The molecule has 0 saturated carbocycles. The fourth-order valence-corrected chi connectivity index (χ4v) is 2.72. The molecule has 21 heavy (non-hydrogen) atoms. The Hall–Kier alpha value is -1.50. The van der Waals surface area contributed by atoms with Gasteiger partial charge in [0.05, 0.1) is 34.0 Å². The molecular weight excluding hydrogens is 274 g/mol. The number of nitrogens with two attached hydrogens (primary N) is 1. The molecule has 1 aliphatic rings. The zero-order chi connectivity index (χ0) is 15.5. The van der Waals surface area contributed by atoms with E-state index < -0.39 is 11.5 Å². The lowest BCUT2D eigenvalue weighted by atomic mass is 9.78. The van der Waals surface area contributed by atoms with Crippen molar-refractivity contribution in [3.8, 4) is 17.2 Å². The van der Waals surface area contributed by atoms with Crippen molar-refractivity contribution < 1.29 is 24.1 Å². The van der Waals surface area contributed by atoms with Crippen molar-refractivity contribution in [1.29, 1.82) is 0 Å². The van der Waals surface area contributed by atoms with Gasteiger partial charge in [0.1, 0.15) is 0 Å². The smallest absolute Gasteiger partial charge is 0.203 e. The number of aliphatic hydroxyl groups is 1. The molecule has 1 heterocycles. The summed E-state index contributed by atoms with van der Waals surface area (Å²) in [4.78, 5) is 0. The Bertz CT molecular complexity index is 460. The van der Waals surface area contributed by atoms with Crippen molar-refractivity contribution >= 4 is 0 Å². The first kappa shape index (κ1) is 15.9. The average molecular weight is 297 g/mol. The lowest BCUT2D eigenvalue weighted by Gasteiger charge is -2.32. The predicted octanol–water partition coefficient (Wildman–Crippen LogP) is 1.11. The van der Waals surface area contributed by atoms with E-state index in [1.54, 1.807) is 33.5 Å². The summed E-state index contributed by atoms with van der Waals surface area (Å²) in [6, 6.07) is 3.50. The van der Waals surface area contributed by atoms with Crippen LogP contribution in [0.15, 0.2) is 12.1 Å². The van der Waals surface area contributed by atoms with Crippen LogP contribution in [0.2, 0.25) is 0 Å². The molecule has 1 saturated heterocycles. The molecule has 1 fully saturated rings. The van der Waals surface area contributed by atoms with Gasteiger partial charge in [-0.05, 0) is 24.1 Å². The fourth-order valence-electron chi connectivity index (χ4n) is 2.72. The normalized spacial score (nSPS) is 22.9. The molecule has 6 nitrogen and oxygen atoms in total. The van der Waals surface area contributed by atoms with E-state index in [1.165, 1.54) is 0 Å². The van der Waals surface area contributed by atoms with Gasteiger partial charge in [0.25, 0.3) is 0 Å². The summed E-state index contributed by atoms with van der Waals surface area (Å²) in [5.41, 5.74) is 6.09. The van der Waals surface area contributed by atoms with Crippen molar-refractivity contribution in [2.75, 3.05) is 41.1 Å². The van der Waals surface area contributed by atoms with Crippen LogP contribution in [0.5, 0.6) is 17.2 Å². The van der Waals surface area contributed by atoms with Crippen LogP contribution in [0, 0.1) is 5.41 Å². The zero-order valence-electron chi connectivity index (χ0n) is 12.7. The van der Waals surface area contributed by atoms with Crippen LogP contribution < -0.4 is 19.9 Å². The highest BCUT2D eigenvalue weighted by atomic mass is 16.5. The summed E-state index contributed by atoms with van der Waals surface area (Å²) in [6.07, 6.45) is -0.0277. The minimum absolute atomic E-state index is 0.352. The minimum atomic E-state index is -0.751. The van der Waals surface area contributed by atoms with Crippen LogP contribution in [0.25, 0.3) is 0 Å². The van der Waals surface area contributed by atoms with E-state index in [4.69, 9.17) is 24.7 Å². The number of hydrogen-bond donors (Lipinski definition) is 2. The third kappa shape index (κ3) is 2.79. The van der Waals surface area contributed by atoms with E-state index >= 15 is 0 Å². The number of ether oxygens (including phenoxy) is 4. The van der Waals surface area contributed by atoms with Gasteiger partial charge in [0, 0.05) is 18.6 Å². The summed E-state index contributed by atoms with van der Waals surface area (Å²) >= 11 is 0. The molecule has 118 valence electrons. The largest absolute Gasteiger partial charge is 0.493 e. The summed E-state index contributed by atoms with van der Waals surface area (Å²) in [5, 5.41) is 10.8. The molecule has 0 radical (unpaired) electrons. The van der Waals surface area contributed by atoms with Crippen LogP contribution in [0.1, 0.15) is 18.1 Å². The molecule has 0 spiro atoms. The molecule has 1 aliphatic heterocycles. The quantitative estimate of drug-likeness (QED) is 0.818. The standard InChI is InChI=1S/C15H23NO5/c1-18-11-6-10(7-12(19-2)13(11)20-3)14(17)15(8-16)4-5-21-9-15/h6-7,14,17H,4-5,8-9,16H2,1-3H3. The van der Waals surface area contributed by atoms with E-state index in [1.807, 2.05) is 0 Å². The Balaban J connectivity index is 2.43. The molecule has 3 N–H and O–H groups in total. The molecule has 0 amide bonds. The Labute approximate surface area is 124 Å². The average Bonchev–Trinajstić information content (AvgIpc) is 3.02. The highest BCUT2D eigenvalue weighted by Crippen LogP contribution is 2.45. The van der Waals surface area contributed by atoms with Crippen molar-refractivity contribution in [2.45, 2.75) is 12.5 Å². The molecule has 0 bridgehead atoms. The molecule has 0 aromatic heterocycles. The first-order valence-electron chi connectivity index (χ1n) is 6.87. The number of aliphatic hydroxyl groups excluding tert-OH is 1. The van der Waals surface area contributed by atoms with Crippen molar-refractivity contribution in [1.82, 2.24) is 0 Å². The lowest BCUT2D eigenvalue weighted by molar-refractivity contribution is 0.0188. The number of benzene rings is 1. The van der Waals surface area contributed by atoms with Crippen LogP contribution >= 0.6 is 0 Å². The third-order valence-electron chi connectivity index (χ3n) is 4.12. The molecule has 2 atom stereocenters. The fraction of sp³-hybridized carbons (Fsp3) is 0.600. The number of rotatable bonds is 6. The molecule has 0 aliphatic carbocycles. The molecule has 2 rings (SSSR count). The molecular formula is C15H23NO5. The molecule has 1 aromatic rings. The zero-order valence-corrected chi connectivity index (χ0v) is 12.7. The van der Waals surface area contributed by atoms with E-state index in [0.29, 0.717) is 42.6 Å². The van der Waals surface area contributed by atoms with Crippen LogP contribution in [0.3, 0.4) is 0 Å². The van der Waals surface area contributed by atoms with Gasteiger partial charge in [-0.1, -0.05) is 0 Å². The first-order valence-corrected chi connectivity index (χ1v) is 6.87. The van der Waals surface area contributed by atoms with Gasteiger partial charge in [-0.25, -0.2) is 0 Å². The molecule has 2 unspecified atom stereocenters. The van der Waals surface area contributed by atoms with Crippen molar-refractivity contribution in [2.24, 2.45) is 11.1 Å². The number of methoxy groups -OCH3 is 3. The van der Waals surface area contributed by atoms with Crippen LogP contribution in [-0.4, -0.2) is 46.2 Å². The second-order valence-corrected chi connectivity index (χ2v) is 5.23. The van der Waals surface area contributed by atoms with Crippen molar-refractivity contribution in [3.63, 3.8) is 0 Å². The monoisotopic (exact) mass is 297 g/mol. The highest BCUT2D eigenvalue weighted by Gasteiger charge is 2.41. The van der Waals surface area contributed by atoms with Gasteiger partial charge in [0.2, 0.25) is 5.75 Å². The summed E-state index contributed by atoms with van der Waals surface area (Å²) < 4.78 is 21.4.